The monoisotopic (exact) mass is 555 g/mol. The van der Waals surface area contributed by atoms with Crippen LogP contribution >= 0.6 is 0 Å². The third kappa shape index (κ3) is 3.85. The maximum atomic E-state index is 5.00. The van der Waals surface area contributed by atoms with Gasteiger partial charge in [0.2, 0.25) is 0 Å². The fourth-order valence-electron chi connectivity index (χ4n) is 7.04. The summed E-state index contributed by atoms with van der Waals surface area (Å²) in [5.74, 6) is 0. The van der Waals surface area contributed by atoms with E-state index in [2.05, 4.69) is 152 Å². The van der Waals surface area contributed by atoms with Crippen molar-refractivity contribution in [3.8, 4) is 22.6 Å². The van der Waals surface area contributed by atoms with Gasteiger partial charge < -0.3 is 9.13 Å². The van der Waals surface area contributed by atoms with Crippen LogP contribution in [0.2, 0.25) is 0 Å². The number of hydrogen-bond acceptors (Lipinski definition) is 1. The molecule has 3 nitrogen and oxygen atoms in total. The Kier molecular flexibility index (Phi) is 5.61. The van der Waals surface area contributed by atoms with Gasteiger partial charge in [-0.05, 0) is 65.9 Å². The molecule has 8 aromatic rings. The first kappa shape index (κ1) is 25.6. The first-order valence-corrected chi connectivity index (χ1v) is 15.0. The third-order valence-electron chi connectivity index (χ3n) is 8.78. The van der Waals surface area contributed by atoms with E-state index < -0.39 is 0 Å². The molecule has 3 heteroatoms. The Morgan fingerprint density at radius 3 is 1.47 bits per heavy atom. The lowest BCUT2D eigenvalue weighted by atomic mass is 9.80. The number of fused-ring (bicyclic) bond motifs is 6. The summed E-state index contributed by atoms with van der Waals surface area (Å²) >= 11 is 0. The normalized spacial score (nSPS) is 12.2. The van der Waals surface area contributed by atoms with Crippen molar-refractivity contribution in [1.29, 1.82) is 0 Å². The number of rotatable bonds is 3. The van der Waals surface area contributed by atoms with Crippen LogP contribution in [0.3, 0.4) is 0 Å². The summed E-state index contributed by atoms with van der Waals surface area (Å²) < 4.78 is 4.90. The Morgan fingerprint density at radius 1 is 0.535 bits per heavy atom. The van der Waals surface area contributed by atoms with Gasteiger partial charge in [0.1, 0.15) is 0 Å². The van der Waals surface area contributed by atoms with Gasteiger partial charge in [-0.25, -0.2) is 0 Å². The lowest BCUT2D eigenvalue weighted by molar-refractivity contribution is 0.589. The third-order valence-corrected chi connectivity index (χ3v) is 8.78. The van der Waals surface area contributed by atoms with Crippen LogP contribution in [0.25, 0.3) is 66.2 Å². The van der Waals surface area contributed by atoms with E-state index in [-0.39, 0.29) is 5.41 Å². The van der Waals surface area contributed by atoms with Gasteiger partial charge in [-0.1, -0.05) is 99.6 Å². The van der Waals surface area contributed by atoms with Crippen LogP contribution in [0, 0.1) is 6.92 Å². The van der Waals surface area contributed by atoms with Gasteiger partial charge in [0.25, 0.3) is 0 Å². The molecule has 0 bridgehead atoms. The number of benzene rings is 5. The molecule has 3 heterocycles. The van der Waals surface area contributed by atoms with Crippen molar-refractivity contribution >= 4 is 43.6 Å². The predicted octanol–water partition coefficient (Wildman–Crippen LogP) is 10.5. The Balaban J connectivity index is 1.60. The SMILES string of the molecule is Cc1cccnc1-c1cc(-n2c3ccccc3c3ccccc32)cc(-n2c3ccccc3c3ccccc32)c1C(C)(C)C. The zero-order valence-corrected chi connectivity index (χ0v) is 25.0. The average molecular weight is 556 g/mol. The van der Waals surface area contributed by atoms with Gasteiger partial charge in [0, 0.05) is 39.0 Å². The molecule has 8 rings (SSSR count). The van der Waals surface area contributed by atoms with Crippen molar-refractivity contribution < 1.29 is 0 Å². The smallest absolute Gasteiger partial charge is 0.0735 e. The predicted molar refractivity (Wildman–Crippen MR) is 182 cm³/mol. The molecule has 43 heavy (non-hydrogen) atoms. The summed E-state index contributed by atoms with van der Waals surface area (Å²) in [4.78, 5) is 5.00. The minimum atomic E-state index is -0.166. The van der Waals surface area contributed by atoms with Gasteiger partial charge in [-0.15, -0.1) is 0 Å². The molecule has 0 saturated carbocycles. The van der Waals surface area contributed by atoms with E-state index in [0.29, 0.717) is 0 Å². The highest BCUT2D eigenvalue weighted by Crippen LogP contribution is 2.44. The molecule has 3 aromatic heterocycles. The van der Waals surface area contributed by atoms with E-state index in [9.17, 15) is 0 Å². The fourth-order valence-corrected chi connectivity index (χ4v) is 7.04. The van der Waals surface area contributed by atoms with Crippen molar-refractivity contribution in [2.45, 2.75) is 33.1 Å². The van der Waals surface area contributed by atoms with Gasteiger partial charge in [0.05, 0.1) is 33.4 Å². The van der Waals surface area contributed by atoms with Crippen molar-refractivity contribution in [3.05, 3.63) is 139 Å². The maximum absolute atomic E-state index is 5.00. The molecule has 0 aliphatic carbocycles. The summed E-state index contributed by atoms with van der Waals surface area (Å²) in [6.07, 6.45) is 1.92. The molecule has 0 spiro atoms. The van der Waals surface area contributed by atoms with Crippen LogP contribution in [0.4, 0.5) is 0 Å². The molecule has 0 atom stereocenters. The Hall–Kier alpha value is -5.15. The number of hydrogen-bond donors (Lipinski definition) is 0. The van der Waals surface area contributed by atoms with Gasteiger partial charge >= 0.3 is 0 Å². The zero-order chi connectivity index (χ0) is 29.3. The highest BCUT2D eigenvalue weighted by Gasteiger charge is 2.28. The second-order valence-electron chi connectivity index (χ2n) is 12.5. The molecule has 0 aliphatic heterocycles. The Morgan fingerprint density at radius 2 is 1.00 bits per heavy atom. The summed E-state index contributed by atoms with van der Waals surface area (Å²) in [5.41, 5.74) is 11.6. The van der Waals surface area contributed by atoms with Gasteiger partial charge in [-0.2, -0.15) is 0 Å². The number of pyridine rings is 1. The van der Waals surface area contributed by atoms with Crippen LogP contribution in [-0.4, -0.2) is 14.1 Å². The average Bonchev–Trinajstić information content (AvgIpc) is 3.53. The van der Waals surface area contributed by atoms with E-state index >= 15 is 0 Å². The summed E-state index contributed by atoms with van der Waals surface area (Å²) in [6, 6.07) is 44.0. The molecule has 0 radical (unpaired) electrons. The Labute approximate surface area is 251 Å². The van der Waals surface area contributed by atoms with E-state index in [0.717, 1.165) is 11.4 Å². The van der Waals surface area contributed by atoms with Crippen molar-refractivity contribution in [2.75, 3.05) is 0 Å². The van der Waals surface area contributed by atoms with Crippen LogP contribution in [0.5, 0.6) is 0 Å². The van der Waals surface area contributed by atoms with Crippen LogP contribution in [0.1, 0.15) is 31.9 Å². The fraction of sp³-hybridized carbons (Fsp3) is 0.125. The van der Waals surface area contributed by atoms with Crippen molar-refractivity contribution in [1.82, 2.24) is 14.1 Å². The van der Waals surface area contributed by atoms with E-state index in [4.69, 9.17) is 4.98 Å². The maximum Gasteiger partial charge on any atom is 0.0735 e. The zero-order valence-electron chi connectivity index (χ0n) is 25.0. The van der Waals surface area contributed by atoms with Crippen LogP contribution in [0.15, 0.2) is 128 Å². The molecule has 208 valence electrons. The standard InChI is InChI=1S/C40H33N3/c1-26-14-13-23-41-39(26)32-24-27(42-33-19-9-5-15-28(33)29-16-6-10-20-34(29)42)25-37(38(32)40(2,3)4)43-35-21-11-7-17-30(35)31-18-8-12-22-36(31)43/h5-25H,1-4H3. The Bertz CT molecular complexity index is 2240. The topological polar surface area (TPSA) is 22.8 Å². The van der Waals surface area contributed by atoms with E-state index in [1.807, 2.05) is 12.3 Å². The lowest BCUT2D eigenvalue weighted by Gasteiger charge is -2.29. The second-order valence-corrected chi connectivity index (χ2v) is 12.5. The second kappa shape index (κ2) is 9.43. The summed E-state index contributed by atoms with van der Waals surface area (Å²) in [6.45, 7) is 9.13. The molecular formula is C40H33N3. The van der Waals surface area contributed by atoms with Gasteiger partial charge in [0.15, 0.2) is 0 Å². The quantitative estimate of drug-likeness (QED) is 0.213. The van der Waals surface area contributed by atoms with Crippen molar-refractivity contribution in [3.63, 3.8) is 0 Å². The molecule has 0 unspecified atom stereocenters. The molecule has 0 saturated heterocycles. The first-order valence-electron chi connectivity index (χ1n) is 15.0. The van der Waals surface area contributed by atoms with Crippen molar-refractivity contribution in [2.24, 2.45) is 0 Å². The number of aromatic nitrogens is 3. The lowest BCUT2D eigenvalue weighted by Crippen LogP contribution is -2.18. The van der Waals surface area contributed by atoms with E-state index in [1.54, 1.807) is 0 Å². The van der Waals surface area contributed by atoms with Gasteiger partial charge in [-0.3, -0.25) is 4.98 Å². The molecule has 5 aromatic carbocycles. The highest BCUT2D eigenvalue weighted by atomic mass is 15.0. The van der Waals surface area contributed by atoms with E-state index in [1.165, 1.54) is 66.0 Å². The minimum absolute atomic E-state index is 0.166. The molecule has 0 N–H and O–H groups in total. The number of aryl methyl sites for hydroxylation is 1. The largest absolute Gasteiger partial charge is 0.309 e. The molecule has 0 aliphatic rings. The minimum Gasteiger partial charge on any atom is -0.309 e. The first-order chi connectivity index (χ1) is 20.9. The highest BCUT2D eigenvalue weighted by molar-refractivity contribution is 6.11. The molecule has 0 amide bonds. The summed E-state index contributed by atoms with van der Waals surface area (Å²) in [5, 5.41) is 5.03. The summed E-state index contributed by atoms with van der Waals surface area (Å²) in [7, 11) is 0. The number of nitrogens with zero attached hydrogens (tertiary/aromatic N) is 3. The molecule has 0 fully saturated rings. The van der Waals surface area contributed by atoms with Crippen LogP contribution < -0.4 is 0 Å². The number of para-hydroxylation sites is 4. The molecular weight excluding hydrogens is 522 g/mol. The van der Waals surface area contributed by atoms with Crippen LogP contribution in [-0.2, 0) is 5.41 Å².